The molecule has 3 nitrogen and oxygen atoms in total. The minimum Gasteiger partial charge on any atom is -0.294 e. The highest BCUT2D eigenvalue weighted by molar-refractivity contribution is 5.56. The molecule has 0 amide bonds. The molecule has 150 valence electrons. The first-order valence-corrected chi connectivity index (χ1v) is 8.98. The molecule has 0 saturated carbocycles. The van der Waals surface area contributed by atoms with Crippen molar-refractivity contribution in [2.24, 2.45) is 0 Å². The van der Waals surface area contributed by atoms with Crippen LogP contribution in [0.25, 0.3) is 11.4 Å². The fourth-order valence-corrected chi connectivity index (χ4v) is 3.35. The van der Waals surface area contributed by atoms with Crippen LogP contribution in [0.4, 0.5) is 22.0 Å². The zero-order valence-corrected chi connectivity index (χ0v) is 15.2. The van der Waals surface area contributed by atoms with Crippen molar-refractivity contribution in [1.29, 1.82) is 0 Å². The Morgan fingerprint density at radius 3 is 2.45 bits per heavy atom. The monoisotopic (exact) mass is 405 g/mol. The van der Waals surface area contributed by atoms with E-state index in [0.29, 0.717) is 43.0 Å². The number of hydrogen-bond acceptors (Lipinski definition) is 3. The van der Waals surface area contributed by atoms with Gasteiger partial charge in [-0.05, 0) is 18.2 Å². The Morgan fingerprint density at radius 1 is 1.00 bits per heavy atom. The third kappa shape index (κ3) is 4.27. The van der Waals surface area contributed by atoms with Gasteiger partial charge in [0.1, 0.15) is 11.6 Å². The maximum absolute atomic E-state index is 13.9. The van der Waals surface area contributed by atoms with Gasteiger partial charge in [0.2, 0.25) is 0 Å². The van der Waals surface area contributed by atoms with E-state index in [1.807, 2.05) is 4.90 Å². The molecule has 0 unspecified atom stereocenters. The van der Waals surface area contributed by atoms with E-state index in [1.54, 1.807) is 6.20 Å². The number of rotatable bonds is 3. The first-order valence-electron chi connectivity index (χ1n) is 8.98. The molecule has 0 N–H and O–H groups in total. The predicted molar refractivity (Wildman–Crippen MR) is 96.6 cm³/mol. The molecule has 0 fully saturated rings. The standard InChI is InChI=1S/C21H16F5N3/c22-17-6-3-14(18(23)9-17)11-29-8-7-19-15(12-29)10-27-20(28-19)13-1-4-16(5-2-13)21(24,25)26/h1-6,9-10H,7-8,11-12H2. The van der Waals surface area contributed by atoms with Crippen molar-refractivity contribution in [3.05, 3.63) is 82.7 Å². The normalized spacial score (nSPS) is 14.7. The molecule has 0 bridgehead atoms. The molecular formula is C21H16F5N3. The molecule has 2 heterocycles. The number of halogens is 5. The first-order chi connectivity index (χ1) is 13.8. The third-order valence-corrected chi connectivity index (χ3v) is 4.89. The lowest BCUT2D eigenvalue weighted by atomic mass is 10.1. The van der Waals surface area contributed by atoms with Gasteiger partial charge in [0.25, 0.3) is 0 Å². The molecule has 3 aromatic rings. The number of alkyl halides is 3. The van der Waals surface area contributed by atoms with Gasteiger partial charge in [-0.2, -0.15) is 13.2 Å². The van der Waals surface area contributed by atoms with E-state index in [1.165, 1.54) is 24.3 Å². The van der Waals surface area contributed by atoms with Crippen LogP contribution >= 0.6 is 0 Å². The average molecular weight is 405 g/mol. The van der Waals surface area contributed by atoms with Crippen molar-refractivity contribution < 1.29 is 22.0 Å². The van der Waals surface area contributed by atoms with E-state index in [0.717, 1.165) is 29.5 Å². The maximum Gasteiger partial charge on any atom is 0.416 e. The van der Waals surface area contributed by atoms with Crippen LogP contribution in [0.15, 0.2) is 48.7 Å². The molecule has 2 aromatic carbocycles. The summed E-state index contributed by atoms with van der Waals surface area (Å²) in [6.45, 7) is 1.49. The van der Waals surface area contributed by atoms with Crippen LogP contribution in [0, 0.1) is 11.6 Å². The average Bonchev–Trinajstić information content (AvgIpc) is 2.69. The molecule has 8 heteroatoms. The predicted octanol–water partition coefficient (Wildman–Crippen LogP) is 5.00. The summed E-state index contributed by atoms with van der Waals surface area (Å²) in [6.07, 6.45) is -2.13. The first kappa shape index (κ1) is 19.4. The molecule has 0 spiro atoms. The van der Waals surface area contributed by atoms with E-state index in [2.05, 4.69) is 9.97 Å². The lowest BCUT2D eigenvalue weighted by Crippen LogP contribution is -2.31. The molecule has 0 atom stereocenters. The molecule has 1 aromatic heterocycles. The van der Waals surface area contributed by atoms with Gasteiger partial charge < -0.3 is 0 Å². The van der Waals surface area contributed by atoms with Gasteiger partial charge in [-0.3, -0.25) is 4.90 Å². The smallest absolute Gasteiger partial charge is 0.294 e. The number of fused-ring (bicyclic) bond motifs is 1. The van der Waals surface area contributed by atoms with Crippen molar-refractivity contribution in [2.45, 2.75) is 25.7 Å². The number of nitrogens with zero attached hydrogens (tertiary/aromatic N) is 3. The summed E-state index contributed by atoms with van der Waals surface area (Å²) >= 11 is 0. The van der Waals surface area contributed by atoms with Crippen LogP contribution in [0.5, 0.6) is 0 Å². The second-order valence-corrected chi connectivity index (χ2v) is 6.94. The lowest BCUT2D eigenvalue weighted by Gasteiger charge is -2.28. The fraction of sp³-hybridized carbons (Fsp3) is 0.238. The van der Waals surface area contributed by atoms with Crippen molar-refractivity contribution in [3.63, 3.8) is 0 Å². The van der Waals surface area contributed by atoms with Crippen LogP contribution in [-0.4, -0.2) is 21.4 Å². The fourth-order valence-electron chi connectivity index (χ4n) is 3.35. The van der Waals surface area contributed by atoms with Gasteiger partial charge >= 0.3 is 6.18 Å². The zero-order valence-electron chi connectivity index (χ0n) is 15.2. The summed E-state index contributed by atoms with van der Waals surface area (Å²) < 4.78 is 65.1. The van der Waals surface area contributed by atoms with Crippen LogP contribution in [0.1, 0.15) is 22.4 Å². The summed E-state index contributed by atoms with van der Waals surface area (Å²) in [4.78, 5) is 10.8. The van der Waals surface area contributed by atoms with Crippen molar-refractivity contribution in [1.82, 2.24) is 14.9 Å². The SMILES string of the molecule is Fc1ccc(CN2CCc3nc(-c4ccc(C(F)(F)F)cc4)ncc3C2)c(F)c1. The minimum absolute atomic E-state index is 0.339. The molecule has 0 aliphatic carbocycles. The molecule has 0 radical (unpaired) electrons. The van der Waals surface area contributed by atoms with E-state index >= 15 is 0 Å². The summed E-state index contributed by atoms with van der Waals surface area (Å²) in [5, 5.41) is 0. The van der Waals surface area contributed by atoms with Gasteiger partial charge in [-0.1, -0.05) is 18.2 Å². The Labute approximate surface area is 163 Å². The highest BCUT2D eigenvalue weighted by Crippen LogP contribution is 2.30. The van der Waals surface area contributed by atoms with Crippen LogP contribution in [-0.2, 0) is 25.7 Å². The highest BCUT2D eigenvalue weighted by atomic mass is 19.4. The Kier molecular flexibility index (Phi) is 5.04. The Bertz CT molecular complexity index is 1030. The molecule has 0 saturated heterocycles. The topological polar surface area (TPSA) is 29.0 Å². The zero-order chi connectivity index (χ0) is 20.6. The summed E-state index contributed by atoms with van der Waals surface area (Å²) in [5.74, 6) is -0.820. The second-order valence-electron chi connectivity index (χ2n) is 6.94. The van der Waals surface area contributed by atoms with Gasteiger partial charge in [-0.25, -0.2) is 18.7 Å². The molecule has 29 heavy (non-hydrogen) atoms. The minimum atomic E-state index is -4.39. The molecule has 1 aliphatic rings. The third-order valence-electron chi connectivity index (χ3n) is 4.89. The second kappa shape index (κ2) is 7.51. The highest BCUT2D eigenvalue weighted by Gasteiger charge is 2.30. The van der Waals surface area contributed by atoms with E-state index < -0.39 is 23.4 Å². The summed E-state index contributed by atoms with van der Waals surface area (Å²) in [6, 6.07) is 8.27. The lowest BCUT2D eigenvalue weighted by molar-refractivity contribution is -0.137. The van der Waals surface area contributed by atoms with Crippen LogP contribution in [0.3, 0.4) is 0 Å². The van der Waals surface area contributed by atoms with Crippen molar-refractivity contribution in [2.75, 3.05) is 6.54 Å². The van der Waals surface area contributed by atoms with Gasteiger partial charge in [0.15, 0.2) is 5.82 Å². The van der Waals surface area contributed by atoms with Crippen LogP contribution < -0.4 is 0 Å². The number of hydrogen-bond donors (Lipinski definition) is 0. The van der Waals surface area contributed by atoms with E-state index in [-0.39, 0.29) is 0 Å². The number of aromatic nitrogens is 2. The number of benzene rings is 2. The van der Waals surface area contributed by atoms with E-state index in [4.69, 9.17) is 0 Å². The largest absolute Gasteiger partial charge is 0.416 e. The quantitative estimate of drug-likeness (QED) is 0.575. The Hall–Kier alpha value is -2.87. The van der Waals surface area contributed by atoms with E-state index in [9.17, 15) is 22.0 Å². The summed E-state index contributed by atoms with van der Waals surface area (Å²) in [7, 11) is 0. The molecule has 4 rings (SSSR count). The van der Waals surface area contributed by atoms with Crippen molar-refractivity contribution >= 4 is 0 Å². The molecule has 1 aliphatic heterocycles. The Morgan fingerprint density at radius 2 is 1.76 bits per heavy atom. The van der Waals surface area contributed by atoms with Crippen molar-refractivity contribution in [3.8, 4) is 11.4 Å². The maximum atomic E-state index is 13.9. The molecular weight excluding hydrogens is 389 g/mol. The van der Waals surface area contributed by atoms with Gasteiger partial charge in [-0.15, -0.1) is 0 Å². The summed E-state index contributed by atoms with van der Waals surface area (Å²) in [5.41, 5.74) is 1.91. The van der Waals surface area contributed by atoms with Crippen LogP contribution in [0.2, 0.25) is 0 Å². The Balaban J connectivity index is 1.50. The van der Waals surface area contributed by atoms with Gasteiger partial charge in [0, 0.05) is 55.0 Å². The van der Waals surface area contributed by atoms with Gasteiger partial charge in [0.05, 0.1) is 11.3 Å².